The first-order valence-electron chi connectivity index (χ1n) is 5.30. The summed E-state index contributed by atoms with van der Waals surface area (Å²) < 4.78 is 31.5. The summed E-state index contributed by atoms with van der Waals surface area (Å²) in [5.41, 5.74) is 0. The van der Waals surface area contributed by atoms with Crippen molar-refractivity contribution in [2.24, 2.45) is 0 Å². The third-order valence-corrected chi connectivity index (χ3v) is 3.94. The number of benzene rings is 1. The van der Waals surface area contributed by atoms with E-state index in [0.717, 1.165) is 0 Å². The maximum atomic E-state index is 12.1. The average molecular weight is 299 g/mol. The molecule has 2 rings (SSSR count). The van der Waals surface area contributed by atoms with Crippen LogP contribution in [-0.4, -0.2) is 20.5 Å². The number of sulfonamides is 1. The molecule has 1 aromatic carbocycles. The van der Waals surface area contributed by atoms with Gasteiger partial charge in [-0.25, -0.2) is 13.4 Å². The van der Waals surface area contributed by atoms with Crippen LogP contribution in [0.1, 0.15) is 0 Å². The number of methoxy groups -OCH3 is 1. The van der Waals surface area contributed by atoms with Gasteiger partial charge in [0.15, 0.2) is 0 Å². The van der Waals surface area contributed by atoms with Crippen molar-refractivity contribution in [1.29, 1.82) is 0 Å². The van der Waals surface area contributed by atoms with Gasteiger partial charge >= 0.3 is 0 Å². The Morgan fingerprint density at radius 2 is 1.89 bits per heavy atom. The summed E-state index contributed by atoms with van der Waals surface area (Å²) in [6.07, 6.45) is 1.42. The first kappa shape index (κ1) is 13.6. The maximum absolute atomic E-state index is 12.1. The van der Waals surface area contributed by atoms with Crippen LogP contribution in [0.4, 0.5) is 5.82 Å². The number of hydrogen-bond donors (Lipinski definition) is 1. The highest BCUT2D eigenvalue weighted by Gasteiger charge is 2.14. The van der Waals surface area contributed by atoms with Crippen LogP contribution in [0.2, 0.25) is 5.02 Å². The van der Waals surface area contributed by atoms with Gasteiger partial charge in [-0.15, -0.1) is 0 Å². The molecule has 0 aliphatic rings. The molecule has 1 heterocycles. The van der Waals surface area contributed by atoms with Crippen LogP contribution < -0.4 is 9.46 Å². The van der Waals surface area contributed by atoms with Crippen LogP contribution >= 0.6 is 11.6 Å². The molecule has 0 unspecified atom stereocenters. The van der Waals surface area contributed by atoms with E-state index in [0.29, 0.717) is 10.8 Å². The van der Waals surface area contributed by atoms with Gasteiger partial charge in [0, 0.05) is 17.3 Å². The number of nitrogens with one attached hydrogen (secondary N) is 1. The second kappa shape index (κ2) is 5.46. The monoisotopic (exact) mass is 298 g/mol. The third kappa shape index (κ3) is 3.36. The highest BCUT2D eigenvalue weighted by atomic mass is 35.5. The molecule has 2 aromatic rings. The van der Waals surface area contributed by atoms with E-state index >= 15 is 0 Å². The van der Waals surface area contributed by atoms with E-state index in [-0.39, 0.29) is 10.7 Å². The second-order valence-corrected chi connectivity index (χ2v) is 5.76. The predicted molar refractivity (Wildman–Crippen MR) is 73.0 cm³/mol. The molecule has 100 valence electrons. The Bertz CT molecular complexity index is 672. The zero-order chi connectivity index (χ0) is 13.9. The summed E-state index contributed by atoms with van der Waals surface area (Å²) in [5, 5.41) is 0.405. The fourth-order valence-electron chi connectivity index (χ4n) is 1.41. The standard InChI is InChI=1S/C12H11ClN2O3S/c1-18-10-2-4-11(5-3-10)19(16,17)15-12-8-9(13)6-7-14-12/h2-8H,1H3,(H,14,15). The van der Waals surface area contributed by atoms with Crippen molar-refractivity contribution < 1.29 is 13.2 Å². The second-order valence-electron chi connectivity index (χ2n) is 3.64. The van der Waals surface area contributed by atoms with Gasteiger partial charge in [0.2, 0.25) is 0 Å². The molecule has 1 aromatic heterocycles. The van der Waals surface area contributed by atoms with Gasteiger partial charge in [0.1, 0.15) is 11.6 Å². The van der Waals surface area contributed by atoms with Gasteiger partial charge in [-0.05, 0) is 30.3 Å². The summed E-state index contributed by atoms with van der Waals surface area (Å²) in [6, 6.07) is 9.03. The molecule has 0 saturated heterocycles. The summed E-state index contributed by atoms with van der Waals surface area (Å²) in [4.78, 5) is 4.01. The molecule has 7 heteroatoms. The first-order chi connectivity index (χ1) is 9.01. The van der Waals surface area contributed by atoms with E-state index in [1.807, 2.05) is 0 Å². The Morgan fingerprint density at radius 3 is 2.47 bits per heavy atom. The average Bonchev–Trinajstić information content (AvgIpc) is 2.38. The van der Waals surface area contributed by atoms with Crippen molar-refractivity contribution in [2.75, 3.05) is 11.8 Å². The van der Waals surface area contributed by atoms with Gasteiger partial charge in [-0.3, -0.25) is 4.72 Å². The zero-order valence-electron chi connectivity index (χ0n) is 10.00. The van der Waals surface area contributed by atoms with E-state index in [1.165, 1.54) is 31.5 Å². The highest BCUT2D eigenvalue weighted by Crippen LogP contribution is 2.19. The van der Waals surface area contributed by atoms with Crippen LogP contribution in [0.5, 0.6) is 5.75 Å². The molecule has 0 aliphatic heterocycles. The lowest BCUT2D eigenvalue weighted by molar-refractivity contribution is 0.414. The Morgan fingerprint density at radius 1 is 1.21 bits per heavy atom. The number of rotatable bonds is 4. The highest BCUT2D eigenvalue weighted by molar-refractivity contribution is 7.92. The van der Waals surface area contributed by atoms with E-state index < -0.39 is 10.0 Å². The summed E-state index contributed by atoms with van der Waals surface area (Å²) >= 11 is 5.77. The Labute approximate surface area is 116 Å². The van der Waals surface area contributed by atoms with Crippen LogP contribution in [0, 0.1) is 0 Å². The van der Waals surface area contributed by atoms with Crippen LogP contribution in [-0.2, 0) is 10.0 Å². The lowest BCUT2D eigenvalue weighted by Gasteiger charge is -2.08. The van der Waals surface area contributed by atoms with Crippen molar-refractivity contribution in [3.8, 4) is 5.75 Å². The fourth-order valence-corrected chi connectivity index (χ4v) is 2.57. The molecular weight excluding hydrogens is 288 g/mol. The van der Waals surface area contributed by atoms with Gasteiger partial charge < -0.3 is 4.74 Å². The molecular formula is C12H11ClN2O3S. The SMILES string of the molecule is COc1ccc(S(=O)(=O)Nc2cc(Cl)ccn2)cc1. The van der Waals surface area contributed by atoms with E-state index in [4.69, 9.17) is 16.3 Å². The van der Waals surface area contributed by atoms with E-state index in [9.17, 15) is 8.42 Å². The van der Waals surface area contributed by atoms with Crippen LogP contribution in [0.25, 0.3) is 0 Å². The maximum Gasteiger partial charge on any atom is 0.263 e. The molecule has 5 nitrogen and oxygen atoms in total. The molecule has 0 saturated carbocycles. The summed E-state index contributed by atoms with van der Waals surface area (Å²) in [7, 11) is -2.17. The molecule has 0 spiro atoms. The van der Waals surface area contributed by atoms with Crippen molar-refractivity contribution in [1.82, 2.24) is 4.98 Å². The van der Waals surface area contributed by atoms with Crippen LogP contribution in [0.3, 0.4) is 0 Å². The van der Waals surface area contributed by atoms with E-state index in [2.05, 4.69) is 9.71 Å². The van der Waals surface area contributed by atoms with Gasteiger partial charge in [0.25, 0.3) is 10.0 Å². The normalized spacial score (nSPS) is 11.1. The van der Waals surface area contributed by atoms with Crippen molar-refractivity contribution >= 4 is 27.4 Å². The minimum atomic E-state index is -3.68. The Kier molecular flexibility index (Phi) is 3.92. The van der Waals surface area contributed by atoms with Crippen LogP contribution in [0.15, 0.2) is 47.5 Å². The molecule has 0 atom stereocenters. The van der Waals surface area contributed by atoms with Crippen molar-refractivity contribution in [3.63, 3.8) is 0 Å². The molecule has 0 bridgehead atoms. The molecule has 19 heavy (non-hydrogen) atoms. The quantitative estimate of drug-likeness (QED) is 0.942. The minimum absolute atomic E-state index is 0.120. The van der Waals surface area contributed by atoms with Gasteiger partial charge in [-0.2, -0.15) is 0 Å². The molecule has 1 N–H and O–H groups in total. The number of hydrogen-bond acceptors (Lipinski definition) is 4. The Hall–Kier alpha value is -1.79. The lowest BCUT2D eigenvalue weighted by Crippen LogP contribution is -2.13. The van der Waals surface area contributed by atoms with E-state index in [1.54, 1.807) is 18.2 Å². The number of halogens is 1. The number of anilines is 1. The number of nitrogens with zero attached hydrogens (tertiary/aromatic N) is 1. The molecule has 0 amide bonds. The van der Waals surface area contributed by atoms with Gasteiger partial charge in [0.05, 0.1) is 12.0 Å². The first-order valence-corrected chi connectivity index (χ1v) is 7.16. The predicted octanol–water partition coefficient (Wildman–Crippen LogP) is 2.54. The topological polar surface area (TPSA) is 68.3 Å². The number of pyridine rings is 1. The zero-order valence-corrected chi connectivity index (χ0v) is 11.6. The largest absolute Gasteiger partial charge is 0.497 e. The number of aromatic nitrogens is 1. The molecule has 0 radical (unpaired) electrons. The summed E-state index contributed by atoms with van der Waals surface area (Å²) in [6.45, 7) is 0. The molecule has 0 aliphatic carbocycles. The van der Waals surface area contributed by atoms with Crippen molar-refractivity contribution in [2.45, 2.75) is 4.90 Å². The fraction of sp³-hybridized carbons (Fsp3) is 0.0833. The number of ether oxygens (including phenoxy) is 1. The van der Waals surface area contributed by atoms with Crippen molar-refractivity contribution in [3.05, 3.63) is 47.6 Å². The lowest BCUT2D eigenvalue weighted by atomic mass is 10.3. The minimum Gasteiger partial charge on any atom is -0.497 e. The van der Waals surface area contributed by atoms with Gasteiger partial charge in [-0.1, -0.05) is 11.6 Å². The molecule has 0 fully saturated rings. The summed E-state index contributed by atoms with van der Waals surface area (Å²) in [5.74, 6) is 0.753. The third-order valence-electron chi connectivity index (χ3n) is 2.33. The Balaban J connectivity index is 2.27. The smallest absolute Gasteiger partial charge is 0.263 e.